The molecule has 2 fully saturated rings. The third kappa shape index (κ3) is 4.13. The molecule has 0 aromatic rings. The van der Waals surface area contributed by atoms with Gasteiger partial charge >= 0.3 is 6.18 Å². The molecule has 2 rings (SSSR count). The van der Waals surface area contributed by atoms with Crippen molar-refractivity contribution in [1.29, 1.82) is 0 Å². The minimum atomic E-state index is -4.28. The van der Waals surface area contributed by atoms with Crippen LogP contribution < -0.4 is 0 Å². The predicted molar refractivity (Wildman–Crippen MR) is 71.2 cm³/mol. The van der Waals surface area contributed by atoms with E-state index in [1.165, 1.54) is 19.3 Å². The monoisotopic (exact) mass is 291 g/mol. The summed E-state index contributed by atoms with van der Waals surface area (Å²) >= 11 is 0. The van der Waals surface area contributed by atoms with Gasteiger partial charge in [-0.3, -0.25) is 4.79 Å². The second kappa shape index (κ2) is 6.81. The normalized spacial score (nSPS) is 25.8. The maximum atomic E-state index is 13.0. The number of likely N-dealkylation sites (tertiary alicyclic amines) is 1. The van der Waals surface area contributed by atoms with Crippen molar-refractivity contribution < 1.29 is 18.0 Å². The van der Waals surface area contributed by atoms with Crippen molar-refractivity contribution in [2.45, 2.75) is 76.4 Å². The number of piperidine rings is 1. The number of amides is 1. The summed E-state index contributed by atoms with van der Waals surface area (Å²) in [6.07, 6.45) is 4.04. The van der Waals surface area contributed by atoms with E-state index in [2.05, 4.69) is 0 Å². The first-order valence-electron chi connectivity index (χ1n) is 7.84. The fourth-order valence-corrected chi connectivity index (χ4v) is 3.52. The SMILES string of the molecule is O=C(CCC1CCCCC1)N1CCCCC1C(F)(F)F. The Kier molecular flexibility index (Phi) is 5.33. The number of carbonyl (C=O) groups excluding carboxylic acids is 1. The van der Waals surface area contributed by atoms with Gasteiger partial charge in [0.1, 0.15) is 6.04 Å². The lowest BCUT2D eigenvalue weighted by Gasteiger charge is -2.37. The molecule has 0 radical (unpaired) electrons. The lowest BCUT2D eigenvalue weighted by Crippen LogP contribution is -2.51. The third-order valence-electron chi connectivity index (χ3n) is 4.69. The van der Waals surface area contributed by atoms with Gasteiger partial charge in [-0.1, -0.05) is 32.1 Å². The quantitative estimate of drug-likeness (QED) is 0.759. The molecule has 0 N–H and O–H groups in total. The Labute approximate surface area is 118 Å². The molecule has 1 aliphatic heterocycles. The van der Waals surface area contributed by atoms with Crippen LogP contribution in [0.5, 0.6) is 0 Å². The highest BCUT2D eigenvalue weighted by molar-refractivity contribution is 5.76. The van der Waals surface area contributed by atoms with Gasteiger partial charge in [-0.15, -0.1) is 0 Å². The highest BCUT2D eigenvalue weighted by Crippen LogP contribution is 2.33. The fourth-order valence-electron chi connectivity index (χ4n) is 3.52. The summed E-state index contributed by atoms with van der Waals surface area (Å²) in [5.74, 6) is 0.249. The van der Waals surface area contributed by atoms with Crippen molar-refractivity contribution in [3.8, 4) is 0 Å². The molecule has 1 saturated carbocycles. The molecule has 1 aliphatic carbocycles. The van der Waals surface area contributed by atoms with E-state index >= 15 is 0 Å². The molecule has 1 unspecified atom stereocenters. The molecular weight excluding hydrogens is 267 g/mol. The molecule has 1 amide bonds. The minimum absolute atomic E-state index is 0.0681. The second-order valence-corrected chi connectivity index (χ2v) is 6.18. The molecule has 5 heteroatoms. The first kappa shape index (κ1) is 15.6. The van der Waals surface area contributed by atoms with Gasteiger partial charge in [0.05, 0.1) is 0 Å². The van der Waals surface area contributed by atoms with Crippen molar-refractivity contribution in [2.75, 3.05) is 6.54 Å². The number of rotatable bonds is 3. The van der Waals surface area contributed by atoms with Crippen LogP contribution in [0.25, 0.3) is 0 Å². The summed E-state index contributed by atoms with van der Waals surface area (Å²) in [6, 6.07) is -1.55. The number of halogens is 3. The summed E-state index contributed by atoms with van der Waals surface area (Å²) in [4.78, 5) is 13.2. The maximum absolute atomic E-state index is 13.0. The van der Waals surface area contributed by atoms with Gasteiger partial charge in [-0.2, -0.15) is 13.2 Å². The zero-order chi connectivity index (χ0) is 14.6. The van der Waals surface area contributed by atoms with Crippen molar-refractivity contribution >= 4 is 5.91 Å². The number of carbonyl (C=O) groups is 1. The fraction of sp³-hybridized carbons (Fsp3) is 0.933. The van der Waals surface area contributed by atoms with Crippen LogP contribution in [0, 0.1) is 5.92 Å². The van der Waals surface area contributed by atoms with Crippen LogP contribution in [-0.2, 0) is 4.79 Å². The average Bonchev–Trinajstić information content (AvgIpc) is 2.45. The number of hydrogen-bond donors (Lipinski definition) is 0. The molecule has 116 valence electrons. The highest BCUT2D eigenvalue weighted by atomic mass is 19.4. The molecule has 1 atom stereocenters. The summed E-state index contributed by atoms with van der Waals surface area (Å²) in [5.41, 5.74) is 0. The van der Waals surface area contributed by atoms with Gasteiger partial charge in [0, 0.05) is 13.0 Å². The van der Waals surface area contributed by atoms with E-state index < -0.39 is 12.2 Å². The molecule has 20 heavy (non-hydrogen) atoms. The third-order valence-corrected chi connectivity index (χ3v) is 4.69. The topological polar surface area (TPSA) is 20.3 Å². The van der Waals surface area contributed by atoms with Crippen molar-refractivity contribution in [1.82, 2.24) is 4.90 Å². The molecule has 1 saturated heterocycles. The summed E-state index contributed by atoms with van der Waals surface area (Å²) in [6.45, 7) is 0.272. The second-order valence-electron chi connectivity index (χ2n) is 6.18. The zero-order valence-corrected chi connectivity index (χ0v) is 11.9. The van der Waals surface area contributed by atoms with E-state index in [0.29, 0.717) is 18.8 Å². The Morgan fingerprint density at radius 2 is 1.65 bits per heavy atom. The van der Waals surface area contributed by atoms with Crippen molar-refractivity contribution in [2.24, 2.45) is 5.92 Å². The van der Waals surface area contributed by atoms with Crippen molar-refractivity contribution in [3.63, 3.8) is 0 Å². The van der Waals surface area contributed by atoms with Crippen molar-refractivity contribution in [3.05, 3.63) is 0 Å². The smallest absolute Gasteiger partial charge is 0.331 e. The van der Waals surface area contributed by atoms with E-state index in [0.717, 1.165) is 24.2 Å². The van der Waals surface area contributed by atoms with Gasteiger partial charge in [-0.25, -0.2) is 0 Å². The summed E-state index contributed by atoms with van der Waals surface area (Å²) < 4.78 is 38.9. The van der Waals surface area contributed by atoms with E-state index in [1.54, 1.807) is 0 Å². The van der Waals surface area contributed by atoms with Gasteiger partial charge in [0.25, 0.3) is 0 Å². The van der Waals surface area contributed by atoms with E-state index in [9.17, 15) is 18.0 Å². The Morgan fingerprint density at radius 1 is 1.00 bits per heavy atom. The Balaban J connectivity index is 1.85. The molecule has 2 nitrogen and oxygen atoms in total. The molecule has 0 spiro atoms. The van der Waals surface area contributed by atoms with E-state index in [1.807, 2.05) is 0 Å². The predicted octanol–water partition coefficient (Wildman–Crippen LogP) is 4.29. The highest BCUT2D eigenvalue weighted by Gasteiger charge is 2.46. The largest absolute Gasteiger partial charge is 0.408 e. The number of hydrogen-bond acceptors (Lipinski definition) is 1. The lowest BCUT2D eigenvalue weighted by molar-refractivity contribution is -0.196. The number of alkyl halides is 3. The van der Waals surface area contributed by atoms with Crippen LogP contribution in [0.1, 0.15) is 64.2 Å². The molecular formula is C15H24F3NO. The zero-order valence-electron chi connectivity index (χ0n) is 11.9. The van der Waals surface area contributed by atoms with E-state index in [4.69, 9.17) is 0 Å². The summed E-state index contributed by atoms with van der Waals surface area (Å²) in [5, 5.41) is 0. The lowest BCUT2D eigenvalue weighted by atomic mass is 9.86. The van der Waals surface area contributed by atoms with E-state index in [-0.39, 0.29) is 25.3 Å². The summed E-state index contributed by atoms with van der Waals surface area (Å²) in [7, 11) is 0. The van der Waals surface area contributed by atoms with Crippen LogP contribution in [0.3, 0.4) is 0 Å². The Bertz CT molecular complexity index is 324. The maximum Gasteiger partial charge on any atom is 0.408 e. The average molecular weight is 291 g/mol. The Hall–Kier alpha value is -0.740. The minimum Gasteiger partial charge on any atom is -0.331 e. The molecule has 0 aromatic carbocycles. The van der Waals surface area contributed by atoms with Gasteiger partial charge in [0.2, 0.25) is 5.91 Å². The first-order valence-corrected chi connectivity index (χ1v) is 7.84. The van der Waals surface area contributed by atoms with Gasteiger partial charge in [0.15, 0.2) is 0 Å². The molecule has 1 heterocycles. The van der Waals surface area contributed by atoms with Gasteiger partial charge in [-0.05, 0) is 31.6 Å². The molecule has 0 aromatic heterocycles. The number of nitrogens with zero attached hydrogens (tertiary/aromatic N) is 1. The van der Waals surface area contributed by atoms with Crippen LogP contribution in [-0.4, -0.2) is 29.6 Å². The standard InChI is InChI=1S/C15H24F3NO/c16-15(17,18)13-8-4-5-11-19(13)14(20)10-9-12-6-2-1-3-7-12/h12-13H,1-11H2. The molecule has 0 bridgehead atoms. The van der Waals surface area contributed by atoms with Crippen LogP contribution in [0.15, 0.2) is 0 Å². The van der Waals surface area contributed by atoms with Crippen LogP contribution in [0.2, 0.25) is 0 Å². The van der Waals surface area contributed by atoms with Crippen LogP contribution >= 0.6 is 0 Å². The molecule has 2 aliphatic rings. The Morgan fingerprint density at radius 3 is 2.30 bits per heavy atom. The van der Waals surface area contributed by atoms with Gasteiger partial charge < -0.3 is 4.90 Å². The first-order chi connectivity index (χ1) is 9.48. The van der Waals surface area contributed by atoms with Crippen LogP contribution in [0.4, 0.5) is 13.2 Å².